The molecule has 5 nitrogen and oxygen atoms in total. The highest BCUT2D eigenvalue weighted by Gasteiger charge is 2.10. The van der Waals surface area contributed by atoms with E-state index in [-0.39, 0.29) is 12.5 Å². The van der Waals surface area contributed by atoms with Gasteiger partial charge in [-0.05, 0) is 34.5 Å². The summed E-state index contributed by atoms with van der Waals surface area (Å²) in [4.78, 5) is 21.0. The number of hydrogen-bond acceptors (Lipinski definition) is 3. The Morgan fingerprint density at radius 1 is 1.36 bits per heavy atom. The first-order chi connectivity index (χ1) is 10.4. The Balaban J connectivity index is 2.69. The lowest BCUT2D eigenvalue weighted by molar-refractivity contribution is -0.127. The van der Waals surface area contributed by atoms with Crippen molar-refractivity contribution in [2.24, 2.45) is 4.99 Å². The Morgan fingerprint density at radius 3 is 2.64 bits per heavy atom. The number of carbonyl (C=O) groups excluding carboxylic acids is 1. The van der Waals surface area contributed by atoms with Crippen LogP contribution in [0, 0.1) is 0 Å². The van der Waals surface area contributed by atoms with Crippen LogP contribution in [0.15, 0.2) is 20.9 Å². The van der Waals surface area contributed by atoms with E-state index in [0.717, 1.165) is 35.7 Å². The molecule has 0 saturated carbocycles. The number of hydrogen-bond donors (Lipinski definition) is 1. The molecule has 22 heavy (non-hydrogen) atoms. The van der Waals surface area contributed by atoms with Crippen LogP contribution in [0.4, 0.5) is 0 Å². The zero-order valence-corrected chi connectivity index (χ0v) is 16.1. The highest BCUT2D eigenvalue weighted by Crippen LogP contribution is 2.22. The second-order valence-corrected chi connectivity index (χ2v) is 7.82. The first-order valence-corrected chi connectivity index (χ1v) is 8.98. The highest BCUT2D eigenvalue weighted by atomic mass is 79.9. The number of halogens is 1. The van der Waals surface area contributed by atoms with E-state index in [9.17, 15) is 4.79 Å². The van der Waals surface area contributed by atoms with Crippen molar-refractivity contribution in [1.82, 2.24) is 15.1 Å². The largest absolute Gasteiger partial charge is 0.356 e. The second kappa shape index (κ2) is 9.84. The van der Waals surface area contributed by atoms with Crippen LogP contribution in [0.2, 0.25) is 0 Å². The molecule has 1 amide bonds. The summed E-state index contributed by atoms with van der Waals surface area (Å²) < 4.78 is 1.12. The molecule has 0 aliphatic heterocycles. The maximum atomic E-state index is 11.7. The molecule has 1 aromatic rings. The van der Waals surface area contributed by atoms with Gasteiger partial charge in [0.25, 0.3) is 0 Å². The lowest BCUT2D eigenvalue weighted by atomic mass is 10.3. The fourth-order valence-corrected chi connectivity index (χ4v) is 3.25. The highest BCUT2D eigenvalue weighted by molar-refractivity contribution is 9.11. The van der Waals surface area contributed by atoms with E-state index in [2.05, 4.69) is 44.1 Å². The van der Waals surface area contributed by atoms with Crippen molar-refractivity contribution >= 4 is 39.1 Å². The van der Waals surface area contributed by atoms with E-state index < -0.39 is 0 Å². The van der Waals surface area contributed by atoms with Gasteiger partial charge in [0.15, 0.2) is 5.96 Å². The minimum absolute atomic E-state index is 0.00191. The number of unbranched alkanes of at least 4 members (excludes halogenated alkanes) is 1. The van der Waals surface area contributed by atoms with Crippen LogP contribution in [-0.2, 0) is 11.3 Å². The zero-order chi connectivity index (χ0) is 16.5. The molecule has 1 heterocycles. The first kappa shape index (κ1) is 19.0. The van der Waals surface area contributed by atoms with E-state index >= 15 is 0 Å². The van der Waals surface area contributed by atoms with Crippen molar-refractivity contribution < 1.29 is 4.79 Å². The summed E-state index contributed by atoms with van der Waals surface area (Å²) in [6, 6.07) is 4.14. The van der Waals surface area contributed by atoms with Gasteiger partial charge in [-0.3, -0.25) is 4.79 Å². The normalized spacial score (nSPS) is 11.4. The Bertz CT molecular complexity index is 501. The SMILES string of the molecule is CCCCNC(=NCC(=O)N(C)C)N(C)Cc1ccc(Br)s1. The van der Waals surface area contributed by atoms with Crippen molar-refractivity contribution in [3.8, 4) is 0 Å². The molecule has 0 aliphatic carbocycles. The molecule has 1 aromatic heterocycles. The van der Waals surface area contributed by atoms with Gasteiger partial charge in [0.1, 0.15) is 6.54 Å². The molecule has 0 bridgehead atoms. The minimum atomic E-state index is 0.00191. The molecular weight excluding hydrogens is 364 g/mol. The molecule has 0 spiro atoms. The molecule has 0 aromatic carbocycles. The number of carbonyl (C=O) groups is 1. The van der Waals surface area contributed by atoms with Gasteiger partial charge in [-0.15, -0.1) is 11.3 Å². The Kier molecular flexibility index (Phi) is 8.48. The molecule has 0 unspecified atom stereocenters. The zero-order valence-electron chi connectivity index (χ0n) is 13.7. The summed E-state index contributed by atoms with van der Waals surface area (Å²) in [5.41, 5.74) is 0. The van der Waals surface area contributed by atoms with Crippen LogP contribution in [0.25, 0.3) is 0 Å². The lowest BCUT2D eigenvalue weighted by Gasteiger charge is -2.22. The number of amides is 1. The van der Waals surface area contributed by atoms with Crippen molar-refractivity contribution in [2.45, 2.75) is 26.3 Å². The standard InChI is InChI=1S/C15H25BrN4OS/c1-5-6-9-17-15(18-10-14(21)19(2)3)20(4)11-12-7-8-13(16)22-12/h7-8H,5-6,9-11H2,1-4H3,(H,17,18). The Labute approximate surface area is 145 Å². The third-order valence-electron chi connectivity index (χ3n) is 3.06. The van der Waals surface area contributed by atoms with Crippen molar-refractivity contribution in [3.63, 3.8) is 0 Å². The number of rotatable bonds is 7. The Morgan fingerprint density at radius 2 is 2.09 bits per heavy atom. The van der Waals surface area contributed by atoms with Crippen LogP contribution in [0.3, 0.4) is 0 Å². The fourth-order valence-electron chi connectivity index (χ4n) is 1.72. The van der Waals surface area contributed by atoms with Gasteiger partial charge < -0.3 is 15.1 Å². The second-order valence-electron chi connectivity index (χ2n) is 5.27. The molecule has 0 fully saturated rings. The van der Waals surface area contributed by atoms with Gasteiger partial charge >= 0.3 is 0 Å². The quantitative estimate of drug-likeness (QED) is 0.443. The monoisotopic (exact) mass is 388 g/mol. The topological polar surface area (TPSA) is 47.9 Å². The molecule has 1 rings (SSSR count). The van der Waals surface area contributed by atoms with Crippen LogP contribution in [-0.4, -0.2) is 55.9 Å². The van der Waals surface area contributed by atoms with Gasteiger partial charge in [-0.2, -0.15) is 0 Å². The van der Waals surface area contributed by atoms with E-state index in [4.69, 9.17) is 0 Å². The molecule has 0 atom stereocenters. The number of nitrogens with zero attached hydrogens (tertiary/aromatic N) is 3. The van der Waals surface area contributed by atoms with Gasteiger partial charge in [0, 0.05) is 32.6 Å². The number of aliphatic imine (C=N–C) groups is 1. The maximum absolute atomic E-state index is 11.7. The number of guanidine groups is 1. The Hall–Kier alpha value is -1.08. The van der Waals surface area contributed by atoms with E-state index in [1.54, 1.807) is 30.3 Å². The molecule has 0 saturated heterocycles. The molecule has 0 radical (unpaired) electrons. The molecule has 124 valence electrons. The van der Waals surface area contributed by atoms with Crippen LogP contribution in [0.5, 0.6) is 0 Å². The van der Waals surface area contributed by atoms with E-state index in [0.29, 0.717) is 0 Å². The molecule has 0 aliphatic rings. The average Bonchev–Trinajstić information content (AvgIpc) is 2.87. The van der Waals surface area contributed by atoms with Crippen molar-refractivity contribution in [2.75, 3.05) is 34.2 Å². The van der Waals surface area contributed by atoms with Crippen LogP contribution >= 0.6 is 27.3 Å². The maximum Gasteiger partial charge on any atom is 0.243 e. The summed E-state index contributed by atoms with van der Waals surface area (Å²) in [5, 5.41) is 3.34. The lowest BCUT2D eigenvalue weighted by Crippen LogP contribution is -2.39. The van der Waals surface area contributed by atoms with Gasteiger partial charge in [0.2, 0.25) is 5.91 Å². The smallest absolute Gasteiger partial charge is 0.243 e. The van der Waals surface area contributed by atoms with Crippen molar-refractivity contribution in [3.05, 3.63) is 20.8 Å². The number of nitrogens with one attached hydrogen (secondary N) is 1. The predicted octanol–water partition coefficient (Wildman–Crippen LogP) is 2.78. The van der Waals surface area contributed by atoms with Gasteiger partial charge in [-0.25, -0.2) is 4.99 Å². The summed E-state index contributed by atoms with van der Waals surface area (Å²) >= 11 is 5.19. The first-order valence-electron chi connectivity index (χ1n) is 7.37. The number of likely N-dealkylation sites (N-methyl/N-ethyl adjacent to an activating group) is 1. The number of thiophene rings is 1. The summed E-state index contributed by atoms with van der Waals surface area (Å²) in [6.07, 6.45) is 2.21. The van der Waals surface area contributed by atoms with Gasteiger partial charge in [0.05, 0.1) is 10.3 Å². The molecular formula is C15H25BrN4OS. The predicted molar refractivity (Wildman–Crippen MR) is 97.4 cm³/mol. The molecule has 7 heteroatoms. The summed E-state index contributed by atoms with van der Waals surface area (Å²) in [7, 11) is 5.48. The summed E-state index contributed by atoms with van der Waals surface area (Å²) in [5.74, 6) is 0.773. The van der Waals surface area contributed by atoms with Crippen molar-refractivity contribution in [1.29, 1.82) is 0 Å². The van der Waals surface area contributed by atoms with Crippen LogP contribution in [0.1, 0.15) is 24.6 Å². The fraction of sp³-hybridized carbons (Fsp3) is 0.600. The third kappa shape index (κ3) is 6.79. The third-order valence-corrected chi connectivity index (χ3v) is 4.67. The molecule has 1 N–H and O–H groups in total. The minimum Gasteiger partial charge on any atom is -0.356 e. The van der Waals surface area contributed by atoms with Gasteiger partial charge in [-0.1, -0.05) is 13.3 Å². The summed E-state index contributed by atoms with van der Waals surface area (Å²) in [6.45, 7) is 3.95. The van der Waals surface area contributed by atoms with E-state index in [1.165, 1.54) is 4.88 Å². The van der Waals surface area contributed by atoms with Crippen LogP contribution < -0.4 is 5.32 Å². The average molecular weight is 389 g/mol. The van der Waals surface area contributed by atoms with E-state index in [1.807, 2.05) is 13.1 Å².